The van der Waals surface area contributed by atoms with Gasteiger partial charge in [-0.1, -0.05) is 18.2 Å². The zero-order valence-electron chi connectivity index (χ0n) is 7.99. The SMILES string of the molecule is NCC1(NC(=O)c2ccccc2)CC1. The van der Waals surface area contributed by atoms with Crippen LogP contribution in [0.25, 0.3) is 0 Å². The van der Waals surface area contributed by atoms with E-state index < -0.39 is 0 Å². The van der Waals surface area contributed by atoms with Gasteiger partial charge >= 0.3 is 0 Å². The van der Waals surface area contributed by atoms with Gasteiger partial charge in [-0.25, -0.2) is 0 Å². The van der Waals surface area contributed by atoms with Gasteiger partial charge in [0.25, 0.3) is 5.91 Å². The molecule has 14 heavy (non-hydrogen) atoms. The fourth-order valence-corrected chi connectivity index (χ4v) is 1.43. The number of hydrogen-bond acceptors (Lipinski definition) is 2. The largest absolute Gasteiger partial charge is 0.345 e. The van der Waals surface area contributed by atoms with E-state index in [-0.39, 0.29) is 11.4 Å². The zero-order chi connectivity index (χ0) is 10.0. The Labute approximate surface area is 83.3 Å². The normalized spacial score (nSPS) is 17.5. The summed E-state index contributed by atoms with van der Waals surface area (Å²) in [4.78, 5) is 11.7. The Morgan fingerprint density at radius 3 is 2.50 bits per heavy atom. The van der Waals surface area contributed by atoms with Gasteiger partial charge in [-0.2, -0.15) is 0 Å². The van der Waals surface area contributed by atoms with Gasteiger partial charge in [0.2, 0.25) is 0 Å². The third kappa shape index (κ3) is 1.77. The maximum Gasteiger partial charge on any atom is 0.251 e. The van der Waals surface area contributed by atoms with E-state index in [9.17, 15) is 4.79 Å². The molecule has 0 heterocycles. The van der Waals surface area contributed by atoms with Gasteiger partial charge in [0, 0.05) is 12.1 Å². The van der Waals surface area contributed by atoms with Crippen LogP contribution in [0.5, 0.6) is 0 Å². The summed E-state index contributed by atoms with van der Waals surface area (Å²) >= 11 is 0. The lowest BCUT2D eigenvalue weighted by atomic mass is 10.2. The van der Waals surface area contributed by atoms with E-state index in [2.05, 4.69) is 5.32 Å². The van der Waals surface area contributed by atoms with Crippen molar-refractivity contribution in [3.8, 4) is 0 Å². The number of amides is 1. The summed E-state index contributed by atoms with van der Waals surface area (Å²) in [5.41, 5.74) is 6.18. The minimum absolute atomic E-state index is 0.0199. The highest BCUT2D eigenvalue weighted by molar-refractivity contribution is 5.94. The molecule has 0 unspecified atom stereocenters. The van der Waals surface area contributed by atoms with Crippen molar-refractivity contribution in [1.29, 1.82) is 0 Å². The van der Waals surface area contributed by atoms with Gasteiger partial charge in [0.05, 0.1) is 5.54 Å². The second kappa shape index (κ2) is 3.42. The molecule has 0 aliphatic heterocycles. The number of nitrogens with two attached hydrogens (primary N) is 1. The molecule has 0 saturated heterocycles. The third-order valence-corrected chi connectivity index (χ3v) is 2.66. The number of carbonyl (C=O) groups excluding carboxylic acids is 1. The van der Waals surface area contributed by atoms with Crippen LogP contribution in [0.3, 0.4) is 0 Å². The minimum Gasteiger partial charge on any atom is -0.345 e. The summed E-state index contributed by atoms with van der Waals surface area (Å²) in [6.45, 7) is 0.533. The van der Waals surface area contributed by atoms with Crippen molar-refractivity contribution in [3.05, 3.63) is 35.9 Å². The average Bonchev–Trinajstić information content (AvgIpc) is 3.00. The summed E-state index contributed by atoms with van der Waals surface area (Å²) in [5, 5.41) is 2.97. The molecule has 0 bridgehead atoms. The average molecular weight is 190 g/mol. The van der Waals surface area contributed by atoms with Crippen LogP contribution in [-0.2, 0) is 0 Å². The van der Waals surface area contributed by atoms with E-state index in [0.29, 0.717) is 12.1 Å². The van der Waals surface area contributed by atoms with Crippen LogP contribution in [0.4, 0.5) is 0 Å². The highest BCUT2D eigenvalue weighted by Crippen LogP contribution is 2.34. The minimum atomic E-state index is -0.104. The molecule has 0 aromatic heterocycles. The summed E-state index contributed by atoms with van der Waals surface area (Å²) in [6, 6.07) is 9.23. The van der Waals surface area contributed by atoms with E-state index >= 15 is 0 Å². The molecular formula is C11H14N2O. The Morgan fingerprint density at radius 2 is 2.00 bits per heavy atom. The molecule has 1 aliphatic carbocycles. The number of benzene rings is 1. The molecule has 74 valence electrons. The fraction of sp³-hybridized carbons (Fsp3) is 0.364. The predicted octanol–water partition coefficient (Wildman–Crippen LogP) is 0.908. The quantitative estimate of drug-likeness (QED) is 0.744. The molecule has 1 aromatic rings. The lowest BCUT2D eigenvalue weighted by molar-refractivity contribution is 0.0933. The Balaban J connectivity index is 2.03. The van der Waals surface area contributed by atoms with Crippen LogP contribution >= 0.6 is 0 Å². The Morgan fingerprint density at radius 1 is 1.36 bits per heavy atom. The highest BCUT2D eigenvalue weighted by Gasteiger charge is 2.42. The standard InChI is InChI=1S/C11H14N2O/c12-8-11(6-7-11)13-10(14)9-4-2-1-3-5-9/h1-5H,6-8,12H2,(H,13,14). The van der Waals surface area contributed by atoms with E-state index in [0.717, 1.165) is 12.8 Å². The fourth-order valence-electron chi connectivity index (χ4n) is 1.43. The lowest BCUT2D eigenvalue weighted by Crippen LogP contribution is -2.42. The first-order chi connectivity index (χ1) is 6.76. The number of carbonyl (C=O) groups is 1. The highest BCUT2D eigenvalue weighted by atomic mass is 16.1. The van der Waals surface area contributed by atoms with Gasteiger partial charge in [-0.15, -0.1) is 0 Å². The van der Waals surface area contributed by atoms with Gasteiger partial charge in [0.1, 0.15) is 0 Å². The van der Waals surface area contributed by atoms with Crippen molar-refractivity contribution >= 4 is 5.91 Å². The first kappa shape index (κ1) is 9.21. The molecule has 2 rings (SSSR count). The van der Waals surface area contributed by atoms with E-state index in [1.165, 1.54) is 0 Å². The number of hydrogen-bond donors (Lipinski definition) is 2. The van der Waals surface area contributed by atoms with Crippen LogP contribution in [0.15, 0.2) is 30.3 Å². The van der Waals surface area contributed by atoms with Crippen LogP contribution in [-0.4, -0.2) is 18.0 Å². The van der Waals surface area contributed by atoms with Crippen molar-refractivity contribution in [1.82, 2.24) is 5.32 Å². The van der Waals surface area contributed by atoms with E-state index in [1.807, 2.05) is 30.3 Å². The predicted molar refractivity (Wildman–Crippen MR) is 54.9 cm³/mol. The molecule has 3 heteroatoms. The van der Waals surface area contributed by atoms with E-state index in [1.54, 1.807) is 0 Å². The Bertz CT molecular complexity index is 330. The van der Waals surface area contributed by atoms with Gasteiger partial charge in [-0.05, 0) is 25.0 Å². The molecule has 0 spiro atoms. The second-order valence-electron chi connectivity index (χ2n) is 3.80. The molecular weight excluding hydrogens is 176 g/mol. The second-order valence-corrected chi connectivity index (χ2v) is 3.80. The smallest absolute Gasteiger partial charge is 0.251 e. The zero-order valence-corrected chi connectivity index (χ0v) is 7.99. The third-order valence-electron chi connectivity index (χ3n) is 2.66. The molecule has 3 N–H and O–H groups in total. The van der Waals surface area contributed by atoms with Crippen molar-refractivity contribution in [2.75, 3.05) is 6.54 Å². The van der Waals surface area contributed by atoms with E-state index in [4.69, 9.17) is 5.73 Å². The topological polar surface area (TPSA) is 55.1 Å². The first-order valence-corrected chi connectivity index (χ1v) is 4.83. The van der Waals surface area contributed by atoms with Crippen LogP contribution in [0.1, 0.15) is 23.2 Å². The maximum absolute atomic E-state index is 11.7. The first-order valence-electron chi connectivity index (χ1n) is 4.83. The molecule has 0 atom stereocenters. The van der Waals surface area contributed by atoms with Crippen molar-refractivity contribution < 1.29 is 4.79 Å². The molecule has 1 saturated carbocycles. The van der Waals surface area contributed by atoms with Crippen molar-refractivity contribution in [2.24, 2.45) is 5.73 Å². The molecule has 1 aromatic carbocycles. The van der Waals surface area contributed by atoms with Gasteiger partial charge in [-0.3, -0.25) is 4.79 Å². The summed E-state index contributed by atoms with van der Waals surface area (Å²) in [7, 11) is 0. The summed E-state index contributed by atoms with van der Waals surface area (Å²) in [5.74, 6) is -0.0199. The molecule has 3 nitrogen and oxygen atoms in total. The van der Waals surface area contributed by atoms with Crippen LogP contribution in [0, 0.1) is 0 Å². The molecule has 0 radical (unpaired) electrons. The summed E-state index contributed by atoms with van der Waals surface area (Å²) < 4.78 is 0. The molecule has 1 fully saturated rings. The maximum atomic E-state index is 11.7. The molecule has 1 amide bonds. The Kier molecular flexibility index (Phi) is 2.25. The number of nitrogens with one attached hydrogen (secondary N) is 1. The lowest BCUT2D eigenvalue weighted by Gasteiger charge is -2.14. The van der Waals surface area contributed by atoms with Crippen LogP contribution < -0.4 is 11.1 Å². The van der Waals surface area contributed by atoms with Crippen molar-refractivity contribution in [3.63, 3.8) is 0 Å². The van der Waals surface area contributed by atoms with Gasteiger partial charge in [0.15, 0.2) is 0 Å². The van der Waals surface area contributed by atoms with Crippen LogP contribution in [0.2, 0.25) is 0 Å². The molecule has 1 aliphatic rings. The van der Waals surface area contributed by atoms with Gasteiger partial charge < -0.3 is 11.1 Å². The monoisotopic (exact) mass is 190 g/mol. The Hall–Kier alpha value is -1.35. The number of rotatable bonds is 3. The summed E-state index contributed by atoms with van der Waals surface area (Å²) in [6.07, 6.45) is 2.00. The van der Waals surface area contributed by atoms with Crippen molar-refractivity contribution in [2.45, 2.75) is 18.4 Å².